The molecule has 0 amide bonds. The molecule has 5 atom stereocenters. The highest BCUT2D eigenvalue weighted by Gasteiger charge is 2.29. The van der Waals surface area contributed by atoms with Crippen molar-refractivity contribution in [3.8, 4) is 0 Å². The third-order valence-electron chi connectivity index (χ3n) is 19.3. The SMILES string of the molecule is CCCCC/C=C\C/C=C\C/C=C\C/C=C\CCCCCCCCCCCCCCCCCCCC(=O)OCC(O)COP(=O)(O)OCC(O)COP(=O)(O)OCC(COC(=O)CCCCCCCCCCC/C=C\C/C=C\C/C=C\C/C=C\CCCCC)OC(=O)CCCCCCCCCCCCCCCCC. The van der Waals surface area contributed by atoms with Gasteiger partial charge in [0.15, 0.2) is 6.10 Å². The van der Waals surface area contributed by atoms with E-state index >= 15 is 0 Å². The minimum absolute atomic E-state index is 0.108. The number of esters is 3. The van der Waals surface area contributed by atoms with Crippen LogP contribution in [-0.4, -0.2) is 95.9 Å². The molecule has 0 aliphatic rings. The molecule has 634 valence electrons. The molecule has 18 heteroatoms. The van der Waals surface area contributed by atoms with Gasteiger partial charge in [-0.3, -0.25) is 32.5 Å². The average Bonchev–Trinajstić information content (AvgIpc) is 0.903. The molecule has 0 aromatic rings. The summed E-state index contributed by atoms with van der Waals surface area (Å²) in [7, 11) is -9.79. The third-order valence-corrected chi connectivity index (χ3v) is 21.2. The summed E-state index contributed by atoms with van der Waals surface area (Å²) >= 11 is 0. The van der Waals surface area contributed by atoms with E-state index in [0.29, 0.717) is 19.3 Å². The monoisotopic (exact) mass is 1580 g/mol. The first-order chi connectivity index (χ1) is 53.2. The van der Waals surface area contributed by atoms with Gasteiger partial charge in [-0.15, -0.1) is 0 Å². The van der Waals surface area contributed by atoms with E-state index in [1.165, 1.54) is 231 Å². The van der Waals surface area contributed by atoms with E-state index in [0.717, 1.165) is 116 Å². The summed E-state index contributed by atoms with van der Waals surface area (Å²) in [6, 6.07) is 0. The Bertz CT molecular complexity index is 2370. The normalized spacial score (nSPS) is 14.3. The molecule has 0 heterocycles. The van der Waals surface area contributed by atoms with Crippen molar-refractivity contribution in [3.05, 3.63) is 97.2 Å². The molecule has 109 heavy (non-hydrogen) atoms. The van der Waals surface area contributed by atoms with E-state index in [-0.39, 0.29) is 19.3 Å². The van der Waals surface area contributed by atoms with Crippen LogP contribution in [0.5, 0.6) is 0 Å². The number of ether oxygens (including phenoxy) is 3. The fourth-order valence-corrected chi connectivity index (χ4v) is 14.1. The van der Waals surface area contributed by atoms with Crippen molar-refractivity contribution in [3.63, 3.8) is 0 Å². The summed E-state index contributed by atoms with van der Waals surface area (Å²) in [5, 5.41) is 20.7. The summed E-state index contributed by atoms with van der Waals surface area (Å²) in [4.78, 5) is 58.8. The number of carbonyl (C=O) groups excluding carboxylic acids is 3. The molecule has 0 radical (unpaired) electrons. The first-order valence-corrected chi connectivity index (χ1v) is 47.5. The van der Waals surface area contributed by atoms with Crippen LogP contribution in [-0.2, 0) is 55.8 Å². The van der Waals surface area contributed by atoms with E-state index in [1.54, 1.807) is 0 Å². The Morgan fingerprint density at radius 2 is 0.459 bits per heavy atom. The maximum atomic E-state index is 13.0. The number of hydrogen-bond donors (Lipinski definition) is 4. The molecule has 0 aliphatic carbocycles. The van der Waals surface area contributed by atoms with Gasteiger partial charge < -0.3 is 34.2 Å². The number of carbonyl (C=O) groups is 3. The lowest BCUT2D eigenvalue weighted by molar-refractivity contribution is -0.161. The Labute approximate surface area is 667 Å². The lowest BCUT2D eigenvalue weighted by Gasteiger charge is -2.21. The zero-order valence-corrected chi connectivity index (χ0v) is 71.5. The van der Waals surface area contributed by atoms with Crippen LogP contribution in [0, 0.1) is 0 Å². The maximum Gasteiger partial charge on any atom is 0.472 e. The van der Waals surface area contributed by atoms with Gasteiger partial charge in [0.25, 0.3) is 0 Å². The van der Waals surface area contributed by atoms with Gasteiger partial charge in [0.1, 0.15) is 25.4 Å². The van der Waals surface area contributed by atoms with Crippen LogP contribution in [0.4, 0.5) is 0 Å². The summed E-state index contributed by atoms with van der Waals surface area (Å²) in [5.41, 5.74) is 0. The second-order valence-electron chi connectivity index (χ2n) is 30.1. The van der Waals surface area contributed by atoms with Crippen LogP contribution in [0.25, 0.3) is 0 Å². The summed E-state index contributed by atoms with van der Waals surface area (Å²) in [6.07, 6.45) is 98.9. The average molecular weight is 1580 g/mol. The molecule has 16 nitrogen and oxygen atoms in total. The maximum absolute atomic E-state index is 13.0. The number of phosphoric ester groups is 2. The van der Waals surface area contributed by atoms with Crippen LogP contribution in [0.2, 0.25) is 0 Å². The van der Waals surface area contributed by atoms with Crippen LogP contribution in [0.3, 0.4) is 0 Å². The zero-order valence-electron chi connectivity index (χ0n) is 69.7. The van der Waals surface area contributed by atoms with Gasteiger partial charge in [-0.2, -0.15) is 0 Å². The molecule has 0 aliphatic heterocycles. The molecule has 0 rings (SSSR count). The van der Waals surface area contributed by atoms with E-state index in [9.17, 15) is 43.5 Å². The highest BCUT2D eigenvalue weighted by Crippen LogP contribution is 2.45. The van der Waals surface area contributed by atoms with Crippen molar-refractivity contribution in [1.82, 2.24) is 0 Å². The Morgan fingerprint density at radius 1 is 0.257 bits per heavy atom. The molecular weight excluding hydrogens is 1410 g/mol. The second kappa shape index (κ2) is 83.9. The Morgan fingerprint density at radius 3 is 0.743 bits per heavy atom. The van der Waals surface area contributed by atoms with E-state index < -0.39 is 91.5 Å². The van der Waals surface area contributed by atoms with Crippen molar-refractivity contribution in [2.24, 2.45) is 0 Å². The number of hydrogen-bond acceptors (Lipinski definition) is 14. The summed E-state index contributed by atoms with van der Waals surface area (Å²) < 4.78 is 61.4. The molecule has 4 N–H and O–H groups in total. The number of allylic oxidation sites excluding steroid dienone is 16. The fourth-order valence-electron chi connectivity index (χ4n) is 12.5. The topological polar surface area (TPSA) is 231 Å². The Kier molecular flexibility index (Phi) is 81.2. The fraction of sp³-hybridized carbons (Fsp3) is 0.791. The first kappa shape index (κ1) is 105. The van der Waals surface area contributed by atoms with Gasteiger partial charge >= 0.3 is 33.6 Å². The van der Waals surface area contributed by atoms with Crippen molar-refractivity contribution in [2.75, 3.05) is 39.6 Å². The largest absolute Gasteiger partial charge is 0.472 e. The quantitative estimate of drug-likeness (QED) is 0.0146. The van der Waals surface area contributed by atoms with Gasteiger partial charge in [-0.1, -0.05) is 375 Å². The first-order valence-electron chi connectivity index (χ1n) is 44.5. The van der Waals surface area contributed by atoms with Crippen molar-refractivity contribution in [2.45, 2.75) is 424 Å². The van der Waals surface area contributed by atoms with Gasteiger partial charge in [-0.25, -0.2) is 9.13 Å². The minimum atomic E-state index is -4.93. The molecule has 0 saturated carbocycles. The number of phosphoric acid groups is 2. The zero-order chi connectivity index (χ0) is 79.4. The smallest absolute Gasteiger partial charge is 0.463 e. The summed E-state index contributed by atoms with van der Waals surface area (Å²) in [5.74, 6) is -1.56. The van der Waals surface area contributed by atoms with Crippen LogP contribution in [0.1, 0.15) is 406 Å². The lowest BCUT2D eigenvalue weighted by Crippen LogP contribution is -2.30. The van der Waals surface area contributed by atoms with Gasteiger partial charge in [0.2, 0.25) is 0 Å². The molecule has 5 unspecified atom stereocenters. The minimum Gasteiger partial charge on any atom is -0.463 e. The third kappa shape index (κ3) is 85.2. The molecule has 0 saturated heterocycles. The Balaban J connectivity index is 4.44. The molecule has 0 bridgehead atoms. The molecule has 0 aromatic heterocycles. The molecule has 0 fully saturated rings. The number of aliphatic hydroxyl groups excluding tert-OH is 2. The number of rotatable bonds is 85. The standard InChI is InChI=1S/C91H164O16P2/c1-4-7-10-13-16-19-22-25-28-30-32-34-36-38-39-40-41-42-43-44-45-47-49-50-52-54-57-59-62-65-68-71-74-77-89(94)101-80-86(92)81-103-108(97,98)104-82-87(93)83-105-109(99,100)106-85-88(107-91(96)79-76-73-70-67-64-61-56-27-24-21-18-15-12-9-6-3)84-102-90(95)78-75-72-69-66-63-60-58-55-53-51-48-46-37-35-33-31-29-26-23-20-17-14-11-8-5-2/h16-17,19-20,25-26,28-29,32-35,38-39,46,48,86-88,92-93H,4-15,18,21-24,27,30-31,36-37,40-45,47,49-85H2,1-3H3,(H,97,98)(H,99,100)/b19-16-,20-17-,28-25-,29-26-,34-32-,35-33-,39-38-,48-46-. The van der Waals surface area contributed by atoms with Crippen LogP contribution in [0.15, 0.2) is 97.2 Å². The van der Waals surface area contributed by atoms with Gasteiger partial charge in [0, 0.05) is 19.3 Å². The molecule has 0 aromatic carbocycles. The van der Waals surface area contributed by atoms with Crippen molar-refractivity contribution >= 4 is 33.6 Å². The highest BCUT2D eigenvalue weighted by atomic mass is 31.2. The highest BCUT2D eigenvalue weighted by molar-refractivity contribution is 7.47. The summed E-state index contributed by atoms with van der Waals surface area (Å²) in [6.45, 7) is 2.70. The van der Waals surface area contributed by atoms with Crippen LogP contribution < -0.4 is 0 Å². The second-order valence-corrected chi connectivity index (χ2v) is 33.0. The van der Waals surface area contributed by atoms with Crippen LogP contribution >= 0.6 is 15.6 Å². The van der Waals surface area contributed by atoms with Gasteiger partial charge in [-0.05, 0) is 109 Å². The number of unbranched alkanes of at least 4 members (excludes halogenated alkanes) is 46. The molecule has 0 spiro atoms. The predicted octanol–water partition coefficient (Wildman–Crippen LogP) is 26.9. The van der Waals surface area contributed by atoms with E-state index in [4.69, 9.17) is 32.3 Å². The number of aliphatic hydroxyl groups is 2. The van der Waals surface area contributed by atoms with Crippen molar-refractivity contribution in [1.29, 1.82) is 0 Å². The van der Waals surface area contributed by atoms with E-state index in [1.807, 2.05) is 0 Å². The predicted molar refractivity (Wildman–Crippen MR) is 454 cm³/mol. The lowest BCUT2D eigenvalue weighted by atomic mass is 10.0. The van der Waals surface area contributed by atoms with E-state index in [2.05, 4.69) is 118 Å². The van der Waals surface area contributed by atoms with Crippen molar-refractivity contribution < 1.29 is 75.8 Å². The Hall–Kier alpha value is -3.53. The van der Waals surface area contributed by atoms with Gasteiger partial charge in [0.05, 0.1) is 26.4 Å². The molecular formula is C91H164O16P2.